The summed E-state index contributed by atoms with van der Waals surface area (Å²) in [6, 6.07) is 14.7. The zero-order valence-corrected chi connectivity index (χ0v) is 15.4. The smallest absolute Gasteiger partial charge is 0.271 e. The number of carbonyl (C=O) groups excluding carboxylic acids is 2. The molecule has 0 bridgehead atoms. The van der Waals surface area contributed by atoms with Crippen molar-refractivity contribution in [2.45, 2.75) is 26.7 Å². The van der Waals surface area contributed by atoms with E-state index in [1.165, 1.54) is 0 Å². The third-order valence-corrected chi connectivity index (χ3v) is 3.98. The zero-order valence-electron chi connectivity index (χ0n) is 15.4. The van der Waals surface area contributed by atoms with E-state index in [0.717, 1.165) is 17.2 Å². The van der Waals surface area contributed by atoms with Gasteiger partial charge in [-0.2, -0.15) is 5.10 Å². The van der Waals surface area contributed by atoms with Crippen LogP contribution >= 0.6 is 0 Å². The fourth-order valence-corrected chi connectivity index (χ4v) is 2.59. The van der Waals surface area contributed by atoms with E-state index < -0.39 is 0 Å². The number of para-hydroxylation sites is 1. The van der Waals surface area contributed by atoms with Gasteiger partial charge in [0.05, 0.1) is 5.69 Å². The van der Waals surface area contributed by atoms with Crippen molar-refractivity contribution in [3.8, 4) is 5.69 Å². The molecule has 0 radical (unpaired) electrons. The van der Waals surface area contributed by atoms with Crippen molar-refractivity contribution in [2.24, 2.45) is 0 Å². The maximum atomic E-state index is 12.5. The summed E-state index contributed by atoms with van der Waals surface area (Å²) in [5.74, 6) is 1.67. The van der Waals surface area contributed by atoms with Crippen LogP contribution in [0.15, 0.2) is 52.9 Å². The maximum absolute atomic E-state index is 12.5. The number of anilines is 1. The number of aryl methyl sites for hydroxylation is 1. The summed E-state index contributed by atoms with van der Waals surface area (Å²) in [5.41, 5.74) is 0.995. The summed E-state index contributed by atoms with van der Waals surface area (Å²) in [7, 11) is 0. The second kappa shape index (κ2) is 8.35. The molecule has 2 amide bonds. The van der Waals surface area contributed by atoms with Crippen molar-refractivity contribution >= 4 is 17.6 Å². The van der Waals surface area contributed by atoms with E-state index >= 15 is 0 Å². The van der Waals surface area contributed by atoms with Gasteiger partial charge in [-0.15, -0.1) is 0 Å². The minimum absolute atomic E-state index is 0.146. The number of amides is 2. The summed E-state index contributed by atoms with van der Waals surface area (Å²) < 4.78 is 7.04. The van der Waals surface area contributed by atoms with Gasteiger partial charge < -0.3 is 15.1 Å². The molecule has 0 spiro atoms. The Balaban J connectivity index is 1.74. The summed E-state index contributed by atoms with van der Waals surface area (Å²) in [6.45, 7) is 4.08. The Morgan fingerprint density at radius 2 is 1.93 bits per heavy atom. The third kappa shape index (κ3) is 4.63. The Bertz CT molecular complexity index is 928. The molecular formula is C20H22N4O3. The van der Waals surface area contributed by atoms with Gasteiger partial charge in [-0.05, 0) is 31.2 Å². The highest BCUT2D eigenvalue weighted by Crippen LogP contribution is 2.17. The minimum Gasteiger partial charge on any atom is -0.466 e. The first-order valence-electron chi connectivity index (χ1n) is 8.85. The summed E-state index contributed by atoms with van der Waals surface area (Å²) in [6.07, 6.45) is 0.933. The number of nitrogens with zero attached hydrogens (tertiary/aromatic N) is 2. The van der Waals surface area contributed by atoms with Gasteiger partial charge in [0.15, 0.2) is 5.69 Å². The van der Waals surface area contributed by atoms with Crippen LogP contribution in [0.25, 0.3) is 5.69 Å². The molecule has 0 aliphatic carbocycles. The Kier molecular flexibility index (Phi) is 5.71. The minimum atomic E-state index is -0.306. The average molecular weight is 366 g/mol. The van der Waals surface area contributed by atoms with Crippen molar-refractivity contribution in [3.05, 3.63) is 65.7 Å². The van der Waals surface area contributed by atoms with Crippen LogP contribution in [0, 0.1) is 6.92 Å². The lowest BCUT2D eigenvalue weighted by atomic mass is 10.3. The van der Waals surface area contributed by atoms with Crippen LogP contribution in [-0.4, -0.2) is 28.1 Å². The molecule has 0 aliphatic rings. The van der Waals surface area contributed by atoms with E-state index in [1.54, 1.807) is 17.7 Å². The lowest BCUT2D eigenvalue weighted by molar-refractivity contribution is -0.115. The van der Waals surface area contributed by atoms with E-state index in [1.807, 2.05) is 49.4 Å². The average Bonchev–Trinajstić information content (AvgIpc) is 3.28. The van der Waals surface area contributed by atoms with Gasteiger partial charge in [0, 0.05) is 25.5 Å². The van der Waals surface area contributed by atoms with Gasteiger partial charge in [0.2, 0.25) is 5.91 Å². The molecule has 1 aromatic carbocycles. The molecule has 0 saturated carbocycles. The lowest BCUT2D eigenvalue weighted by Gasteiger charge is -2.07. The molecule has 2 heterocycles. The van der Waals surface area contributed by atoms with Crippen molar-refractivity contribution in [3.63, 3.8) is 0 Å². The number of hydrogen-bond donors (Lipinski definition) is 2. The van der Waals surface area contributed by atoms with Crippen molar-refractivity contribution in [2.75, 3.05) is 11.9 Å². The number of aromatic nitrogens is 2. The molecule has 3 rings (SSSR count). The molecule has 3 aromatic rings. The normalized spacial score (nSPS) is 10.6. The second-order valence-electron chi connectivity index (χ2n) is 6.08. The van der Waals surface area contributed by atoms with Crippen LogP contribution in [0.4, 0.5) is 5.82 Å². The van der Waals surface area contributed by atoms with Gasteiger partial charge in [-0.25, -0.2) is 4.68 Å². The van der Waals surface area contributed by atoms with E-state index in [2.05, 4.69) is 15.7 Å². The topological polar surface area (TPSA) is 89.2 Å². The predicted octanol–water partition coefficient (Wildman–Crippen LogP) is 3.09. The highest BCUT2D eigenvalue weighted by atomic mass is 16.3. The van der Waals surface area contributed by atoms with Gasteiger partial charge in [-0.3, -0.25) is 9.59 Å². The highest BCUT2D eigenvalue weighted by molar-refractivity contribution is 5.95. The van der Waals surface area contributed by atoms with Crippen LogP contribution in [0.1, 0.15) is 35.4 Å². The quantitative estimate of drug-likeness (QED) is 0.672. The van der Waals surface area contributed by atoms with E-state index in [9.17, 15) is 9.59 Å². The fourth-order valence-electron chi connectivity index (χ4n) is 2.59. The summed E-state index contributed by atoms with van der Waals surface area (Å²) in [5, 5.41) is 9.98. The molecule has 140 valence electrons. The van der Waals surface area contributed by atoms with Crippen molar-refractivity contribution < 1.29 is 14.0 Å². The van der Waals surface area contributed by atoms with Gasteiger partial charge >= 0.3 is 0 Å². The molecule has 2 aromatic heterocycles. The number of hydrogen-bond acceptors (Lipinski definition) is 4. The largest absolute Gasteiger partial charge is 0.466 e. The van der Waals surface area contributed by atoms with Crippen LogP contribution in [-0.2, 0) is 11.2 Å². The molecule has 0 saturated heterocycles. The van der Waals surface area contributed by atoms with Crippen LogP contribution in [0.3, 0.4) is 0 Å². The molecular weight excluding hydrogens is 344 g/mol. The molecule has 0 atom stereocenters. The molecule has 2 N–H and O–H groups in total. The van der Waals surface area contributed by atoms with E-state index in [0.29, 0.717) is 25.2 Å². The monoisotopic (exact) mass is 366 g/mol. The Labute approximate surface area is 157 Å². The number of carbonyl (C=O) groups is 2. The number of nitrogens with one attached hydrogen (secondary N) is 2. The van der Waals surface area contributed by atoms with E-state index in [-0.39, 0.29) is 17.5 Å². The SMILES string of the molecule is CCC(=O)Nc1cc(C(=O)NCCc2ccc(C)o2)nn1-c1ccccc1. The number of rotatable bonds is 7. The highest BCUT2D eigenvalue weighted by Gasteiger charge is 2.16. The first-order chi connectivity index (χ1) is 13.1. The molecule has 0 aliphatic heterocycles. The Morgan fingerprint density at radius 1 is 1.15 bits per heavy atom. The Morgan fingerprint density at radius 3 is 2.59 bits per heavy atom. The summed E-state index contributed by atoms with van der Waals surface area (Å²) >= 11 is 0. The molecule has 0 fully saturated rings. The standard InChI is InChI=1S/C20H22N4O3/c1-3-19(25)22-18-13-17(23-24(18)15-7-5-4-6-8-15)20(26)21-12-11-16-10-9-14(2)27-16/h4-10,13H,3,11-12H2,1-2H3,(H,21,26)(H,22,25). The van der Waals surface area contributed by atoms with Crippen LogP contribution < -0.4 is 10.6 Å². The number of benzene rings is 1. The first kappa shape index (κ1) is 18.4. The van der Waals surface area contributed by atoms with Crippen molar-refractivity contribution in [1.82, 2.24) is 15.1 Å². The van der Waals surface area contributed by atoms with Crippen LogP contribution in [0.5, 0.6) is 0 Å². The fraction of sp³-hybridized carbons (Fsp3) is 0.250. The second-order valence-corrected chi connectivity index (χ2v) is 6.08. The lowest BCUT2D eigenvalue weighted by Crippen LogP contribution is -2.26. The first-order valence-corrected chi connectivity index (χ1v) is 8.85. The summed E-state index contributed by atoms with van der Waals surface area (Å²) in [4.78, 5) is 24.3. The molecule has 7 nitrogen and oxygen atoms in total. The maximum Gasteiger partial charge on any atom is 0.271 e. The van der Waals surface area contributed by atoms with Gasteiger partial charge in [0.25, 0.3) is 5.91 Å². The molecule has 27 heavy (non-hydrogen) atoms. The van der Waals surface area contributed by atoms with Gasteiger partial charge in [-0.1, -0.05) is 25.1 Å². The third-order valence-electron chi connectivity index (χ3n) is 3.98. The predicted molar refractivity (Wildman–Crippen MR) is 102 cm³/mol. The zero-order chi connectivity index (χ0) is 19.2. The Hall–Kier alpha value is -3.35. The van der Waals surface area contributed by atoms with Crippen LogP contribution in [0.2, 0.25) is 0 Å². The molecule has 7 heteroatoms. The van der Waals surface area contributed by atoms with Crippen molar-refractivity contribution in [1.29, 1.82) is 0 Å². The van der Waals surface area contributed by atoms with E-state index in [4.69, 9.17) is 4.42 Å². The van der Waals surface area contributed by atoms with Gasteiger partial charge in [0.1, 0.15) is 17.3 Å². The number of furan rings is 1. The molecule has 0 unspecified atom stereocenters.